The highest BCUT2D eigenvalue weighted by atomic mass is 32.2. The van der Waals surface area contributed by atoms with Gasteiger partial charge in [-0.15, -0.1) is 0 Å². The summed E-state index contributed by atoms with van der Waals surface area (Å²) in [6.07, 6.45) is 1.85. The molecule has 0 radical (unpaired) electrons. The fourth-order valence-corrected chi connectivity index (χ4v) is 7.70. The molecule has 3 heterocycles. The van der Waals surface area contributed by atoms with E-state index < -0.39 is 27.7 Å². The van der Waals surface area contributed by atoms with Gasteiger partial charge in [0, 0.05) is 27.8 Å². The Morgan fingerprint density at radius 2 is 1.70 bits per heavy atom. The molecule has 7 rings (SSSR count). The number of nitrogens with zero attached hydrogens (tertiary/aromatic N) is 3. The van der Waals surface area contributed by atoms with Gasteiger partial charge >= 0.3 is 5.97 Å². The van der Waals surface area contributed by atoms with E-state index >= 15 is 0 Å². The van der Waals surface area contributed by atoms with E-state index in [9.17, 15) is 24.8 Å². The van der Waals surface area contributed by atoms with E-state index in [1.165, 1.54) is 22.4 Å². The Balaban J connectivity index is 1.56. The molecule has 214 valence electrons. The third-order valence-corrected chi connectivity index (χ3v) is 9.72. The summed E-state index contributed by atoms with van der Waals surface area (Å²) in [5.74, 6) is -1.02. The standard InChI is InChI=1S/C34H27N3O5S/c1-19-11-13-21(14-12-19)25-17-24(20-7-3-2-4-8-20)30-29(22-15-16-22)33-36(32(38)31(30)35-25)27(34(39)40)18-28(43-33)23-9-5-6-10-26(23)37(41)42/h2-14,17,22,27-28H,15-16,18H2,1H3,(H,39,40). The van der Waals surface area contributed by atoms with Crippen LogP contribution in [0.2, 0.25) is 0 Å². The molecule has 0 amide bonds. The van der Waals surface area contributed by atoms with Gasteiger partial charge in [0.05, 0.1) is 15.6 Å². The van der Waals surface area contributed by atoms with E-state index in [1.54, 1.807) is 18.2 Å². The average molecular weight is 590 g/mol. The number of aryl methyl sites for hydroxylation is 1. The molecule has 2 aromatic heterocycles. The third kappa shape index (κ3) is 4.70. The highest BCUT2D eigenvalue weighted by Crippen LogP contribution is 2.55. The Hall–Kier alpha value is -4.76. The van der Waals surface area contributed by atoms with Gasteiger partial charge in [0.15, 0.2) is 0 Å². The molecule has 9 heteroatoms. The van der Waals surface area contributed by atoms with Crippen LogP contribution in [-0.2, 0) is 4.79 Å². The Labute approximate surface area is 251 Å². The number of nitro benzene ring substituents is 1. The topological polar surface area (TPSA) is 115 Å². The maximum absolute atomic E-state index is 14.4. The van der Waals surface area contributed by atoms with Crippen LogP contribution in [0.4, 0.5) is 5.69 Å². The van der Waals surface area contributed by atoms with Crippen molar-refractivity contribution in [3.05, 3.63) is 122 Å². The van der Waals surface area contributed by atoms with Crippen molar-refractivity contribution in [1.29, 1.82) is 0 Å². The zero-order valence-electron chi connectivity index (χ0n) is 23.3. The van der Waals surface area contributed by atoms with Crippen LogP contribution in [0.1, 0.15) is 53.2 Å². The summed E-state index contributed by atoms with van der Waals surface area (Å²) < 4.78 is 1.40. The molecular formula is C34H27N3O5S. The molecule has 3 aromatic carbocycles. The van der Waals surface area contributed by atoms with Gasteiger partial charge in [-0.25, -0.2) is 9.78 Å². The van der Waals surface area contributed by atoms with Gasteiger partial charge in [0.1, 0.15) is 11.6 Å². The van der Waals surface area contributed by atoms with Crippen LogP contribution in [0.3, 0.4) is 0 Å². The molecule has 1 aliphatic heterocycles. The second-order valence-electron chi connectivity index (χ2n) is 11.2. The van der Waals surface area contributed by atoms with Gasteiger partial charge in [0.25, 0.3) is 11.2 Å². The third-order valence-electron chi connectivity index (χ3n) is 8.35. The van der Waals surface area contributed by atoms with Crippen molar-refractivity contribution >= 4 is 34.3 Å². The van der Waals surface area contributed by atoms with Crippen LogP contribution < -0.4 is 5.56 Å². The van der Waals surface area contributed by atoms with Crippen LogP contribution in [0.5, 0.6) is 0 Å². The van der Waals surface area contributed by atoms with Gasteiger partial charge in [-0.1, -0.05) is 90.1 Å². The minimum absolute atomic E-state index is 0.0383. The lowest BCUT2D eigenvalue weighted by atomic mass is 9.94. The predicted molar refractivity (Wildman–Crippen MR) is 167 cm³/mol. The fraction of sp³-hybridized carbons (Fsp3) is 0.206. The number of nitro groups is 1. The molecule has 0 spiro atoms. The highest BCUT2D eigenvalue weighted by molar-refractivity contribution is 7.99. The van der Waals surface area contributed by atoms with Crippen LogP contribution in [0.15, 0.2) is 94.7 Å². The Morgan fingerprint density at radius 1 is 1.00 bits per heavy atom. The molecule has 1 N–H and O–H groups in total. The quantitative estimate of drug-likeness (QED) is 0.159. The van der Waals surface area contributed by atoms with Crippen molar-refractivity contribution < 1.29 is 14.8 Å². The largest absolute Gasteiger partial charge is 0.480 e. The summed E-state index contributed by atoms with van der Waals surface area (Å²) in [5.41, 5.74) is 5.51. The van der Waals surface area contributed by atoms with E-state index in [1.807, 2.05) is 67.6 Å². The summed E-state index contributed by atoms with van der Waals surface area (Å²) >= 11 is 1.36. The molecule has 1 aliphatic carbocycles. The zero-order valence-corrected chi connectivity index (χ0v) is 24.1. The minimum Gasteiger partial charge on any atom is -0.480 e. The summed E-state index contributed by atoms with van der Waals surface area (Å²) in [7, 11) is 0. The predicted octanol–water partition coefficient (Wildman–Crippen LogP) is 7.69. The molecule has 2 aliphatic rings. The van der Waals surface area contributed by atoms with E-state index in [0.717, 1.165) is 46.0 Å². The number of carbonyl (C=O) groups is 1. The van der Waals surface area contributed by atoms with E-state index in [0.29, 0.717) is 16.3 Å². The van der Waals surface area contributed by atoms with Crippen molar-refractivity contribution in [3.63, 3.8) is 0 Å². The maximum Gasteiger partial charge on any atom is 0.326 e. The van der Waals surface area contributed by atoms with Gasteiger partial charge < -0.3 is 5.11 Å². The van der Waals surface area contributed by atoms with Crippen molar-refractivity contribution in [2.75, 3.05) is 0 Å². The molecule has 1 fully saturated rings. The average Bonchev–Trinajstić information content (AvgIpc) is 3.86. The van der Waals surface area contributed by atoms with E-state index in [4.69, 9.17) is 4.98 Å². The maximum atomic E-state index is 14.4. The first-order chi connectivity index (χ1) is 20.8. The number of rotatable bonds is 6. The summed E-state index contributed by atoms with van der Waals surface area (Å²) in [6.45, 7) is 2.01. The summed E-state index contributed by atoms with van der Waals surface area (Å²) in [4.78, 5) is 43.6. The number of hydrogen-bond acceptors (Lipinski definition) is 6. The van der Waals surface area contributed by atoms with Gasteiger partial charge in [-0.3, -0.25) is 19.5 Å². The SMILES string of the molecule is Cc1ccc(-c2cc(-c3ccccc3)c3c(C4CC4)c4n(c(=O)c3n2)C(C(=O)O)CC(c2ccccc2[N+](=O)[O-])S4)cc1. The van der Waals surface area contributed by atoms with Gasteiger partial charge in [-0.2, -0.15) is 0 Å². The number of benzene rings is 3. The lowest BCUT2D eigenvalue weighted by molar-refractivity contribution is -0.385. The Bertz CT molecular complexity index is 1980. The van der Waals surface area contributed by atoms with Crippen molar-refractivity contribution in [2.45, 2.75) is 48.4 Å². The molecular weight excluding hydrogens is 562 g/mol. The second-order valence-corrected chi connectivity index (χ2v) is 12.4. The van der Waals surface area contributed by atoms with E-state index in [-0.39, 0.29) is 23.5 Å². The lowest BCUT2D eigenvalue weighted by Crippen LogP contribution is -2.36. The van der Waals surface area contributed by atoms with Gasteiger partial charge in [-0.05, 0) is 54.9 Å². The first kappa shape index (κ1) is 27.1. The zero-order chi connectivity index (χ0) is 29.8. The summed E-state index contributed by atoms with van der Waals surface area (Å²) in [6, 6.07) is 25.1. The number of thioether (sulfide) groups is 1. The molecule has 2 atom stereocenters. The lowest BCUT2D eigenvalue weighted by Gasteiger charge is -2.33. The molecule has 2 unspecified atom stereocenters. The number of aromatic nitrogens is 2. The normalized spacial score (nSPS) is 17.9. The molecule has 5 aromatic rings. The van der Waals surface area contributed by atoms with Crippen molar-refractivity contribution in [2.24, 2.45) is 0 Å². The molecule has 0 bridgehead atoms. The number of fused-ring (bicyclic) bond motifs is 2. The molecule has 43 heavy (non-hydrogen) atoms. The Morgan fingerprint density at radius 3 is 2.37 bits per heavy atom. The van der Waals surface area contributed by atoms with E-state index in [2.05, 4.69) is 0 Å². The van der Waals surface area contributed by atoms with Crippen LogP contribution >= 0.6 is 11.8 Å². The first-order valence-electron chi connectivity index (χ1n) is 14.2. The molecule has 0 saturated heterocycles. The summed E-state index contributed by atoms with van der Waals surface area (Å²) in [5, 5.41) is 23.2. The molecule has 8 nitrogen and oxygen atoms in total. The second kappa shape index (κ2) is 10.5. The van der Waals surface area contributed by atoms with Crippen molar-refractivity contribution in [1.82, 2.24) is 9.55 Å². The monoisotopic (exact) mass is 589 g/mol. The molecule has 1 saturated carbocycles. The number of carboxylic acids is 1. The number of pyridine rings is 2. The van der Waals surface area contributed by atoms with Crippen molar-refractivity contribution in [3.8, 4) is 22.4 Å². The van der Waals surface area contributed by atoms with Crippen LogP contribution in [0.25, 0.3) is 33.3 Å². The van der Waals surface area contributed by atoms with Gasteiger partial charge in [0.2, 0.25) is 0 Å². The van der Waals surface area contributed by atoms with Crippen LogP contribution in [0, 0.1) is 17.0 Å². The smallest absolute Gasteiger partial charge is 0.326 e. The number of aliphatic carboxylic acids is 1. The number of hydrogen-bond donors (Lipinski definition) is 1. The highest BCUT2D eigenvalue weighted by Gasteiger charge is 2.42. The van der Waals surface area contributed by atoms with Crippen LogP contribution in [-0.4, -0.2) is 25.6 Å². The minimum atomic E-state index is -1.19. The Kier molecular flexibility index (Phi) is 6.62. The first-order valence-corrected chi connectivity index (χ1v) is 15.1. The number of carboxylic acid groups (broad SMARTS) is 1. The fourth-order valence-electron chi connectivity index (χ4n) is 6.11. The number of para-hydroxylation sites is 1.